The number of methoxy groups -OCH3 is 1. The average molecular weight is 194 g/mol. The van der Waals surface area contributed by atoms with E-state index in [1.807, 2.05) is 0 Å². The van der Waals surface area contributed by atoms with Crippen molar-refractivity contribution in [3.63, 3.8) is 0 Å². The van der Waals surface area contributed by atoms with E-state index in [1.54, 1.807) is 25.3 Å². The molecule has 2 nitrogen and oxygen atoms in total. The average Bonchev–Trinajstić information content (AvgIpc) is 2.05. The van der Waals surface area contributed by atoms with Gasteiger partial charge in [-0.3, -0.25) is 0 Å². The Hall–Kier alpha value is -0.804. The molecule has 1 aromatic carbocycles. The fraction of sp³-hybridized carbons (Fsp3) is 0.125. The van der Waals surface area contributed by atoms with E-state index in [2.05, 4.69) is 6.07 Å². The van der Waals surface area contributed by atoms with Crippen molar-refractivity contribution in [1.82, 2.24) is 0 Å². The van der Waals surface area contributed by atoms with Crippen LogP contribution in [-0.2, 0) is 16.8 Å². The molecule has 1 rings (SSSR count). The van der Waals surface area contributed by atoms with Gasteiger partial charge in [-0.25, -0.2) is 0 Å². The van der Waals surface area contributed by atoms with Gasteiger partial charge in [0.05, 0.1) is 13.4 Å². The Morgan fingerprint density at radius 1 is 1.64 bits per heavy atom. The van der Waals surface area contributed by atoms with Crippen LogP contribution in [0.1, 0.15) is 10.4 Å². The summed E-state index contributed by atoms with van der Waals surface area (Å²) in [6.07, 6.45) is 0.739. The SMILES string of the molecule is COc1cc[c-]c(C=O)c1.[Co]. The minimum Gasteiger partial charge on any atom is -0.516 e. The molecule has 0 aliphatic heterocycles. The molecule has 1 aromatic rings. The Morgan fingerprint density at radius 3 is 2.91 bits per heavy atom. The number of ether oxygens (including phenoxy) is 1. The monoisotopic (exact) mass is 194 g/mol. The van der Waals surface area contributed by atoms with Crippen LogP contribution in [0.4, 0.5) is 0 Å². The quantitative estimate of drug-likeness (QED) is 0.524. The molecule has 0 atom stereocenters. The predicted molar refractivity (Wildman–Crippen MR) is 37.2 cm³/mol. The van der Waals surface area contributed by atoms with Gasteiger partial charge in [-0.1, -0.05) is 6.07 Å². The topological polar surface area (TPSA) is 26.3 Å². The van der Waals surface area contributed by atoms with Crippen LogP contribution in [0.15, 0.2) is 18.2 Å². The molecule has 0 bridgehead atoms. The third-order valence-electron chi connectivity index (χ3n) is 1.16. The molecule has 61 valence electrons. The van der Waals surface area contributed by atoms with Crippen LogP contribution in [-0.4, -0.2) is 13.4 Å². The van der Waals surface area contributed by atoms with Crippen LogP contribution in [0, 0.1) is 6.07 Å². The fourth-order valence-electron chi connectivity index (χ4n) is 0.658. The molecular weight excluding hydrogens is 187 g/mol. The molecule has 3 heteroatoms. The van der Waals surface area contributed by atoms with E-state index in [0.717, 1.165) is 6.29 Å². The summed E-state index contributed by atoms with van der Waals surface area (Å²) in [5.74, 6) is 0.681. The van der Waals surface area contributed by atoms with Gasteiger partial charge in [0.2, 0.25) is 0 Å². The smallest absolute Gasteiger partial charge is 0.0751 e. The number of rotatable bonds is 2. The Bertz CT molecular complexity index is 235. The molecule has 0 saturated carbocycles. The van der Waals surface area contributed by atoms with Crippen molar-refractivity contribution in [3.8, 4) is 5.75 Å². The van der Waals surface area contributed by atoms with Crippen molar-refractivity contribution in [2.45, 2.75) is 0 Å². The second-order valence-electron chi connectivity index (χ2n) is 1.80. The van der Waals surface area contributed by atoms with Gasteiger partial charge in [-0.15, -0.1) is 23.8 Å². The number of benzene rings is 1. The third-order valence-corrected chi connectivity index (χ3v) is 1.16. The summed E-state index contributed by atoms with van der Waals surface area (Å²) < 4.78 is 4.88. The number of carbonyl (C=O) groups is 1. The van der Waals surface area contributed by atoms with E-state index in [0.29, 0.717) is 11.3 Å². The van der Waals surface area contributed by atoms with E-state index in [-0.39, 0.29) is 16.8 Å². The molecule has 0 saturated heterocycles. The van der Waals surface area contributed by atoms with E-state index >= 15 is 0 Å². The number of hydrogen-bond acceptors (Lipinski definition) is 2. The Kier molecular flexibility index (Phi) is 4.57. The molecule has 0 aromatic heterocycles. The first-order chi connectivity index (χ1) is 4.86. The number of aldehydes is 1. The van der Waals surface area contributed by atoms with Gasteiger partial charge < -0.3 is 9.53 Å². The summed E-state index contributed by atoms with van der Waals surface area (Å²) in [4.78, 5) is 10.2. The summed E-state index contributed by atoms with van der Waals surface area (Å²) in [6, 6.07) is 7.78. The second kappa shape index (κ2) is 4.93. The van der Waals surface area contributed by atoms with Crippen LogP contribution in [0.25, 0.3) is 0 Å². The van der Waals surface area contributed by atoms with Gasteiger partial charge >= 0.3 is 0 Å². The van der Waals surface area contributed by atoms with Crippen molar-refractivity contribution in [2.24, 2.45) is 0 Å². The minimum absolute atomic E-state index is 0. The summed E-state index contributed by atoms with van der Waals surface area (Å²) >= 11 is 0. The van der Waals surface area contributed by atoms with Crippen molar-refractivity contribution >= 4 is 6.29 Å². The first kappa shape index (κ1) is 10.2. The van der Waals surface area contributed by atoms with Crippen LogP contribution < -0.4 is 4.74 Å². The van der Waals surface area contributed by atoms with Gasteiger partial charge in [0, 0.05) is 22.5 Å². The molecule has 0 aliphatic carbocycles. The molecule has 0 heterocycles. The first-order valence-electron chi connectivity index (χ1n) is 2.87. The summed E-state index contributed by atoms with van der Waals surface area (Å²) in [6.45, 7) is 0. The summed E-state index contributed by atoms with van der Waals surface area (Å²) in [7, 11) is 1.56. The normalized spacial score (nSPS) is 8.09. The van der Waals surface area contributed by atoms with Crippen LogP contribution >= 0.6 is 0 Å². The zero-order chi connectivity index (χ0) is 7.40. The molecule has 0 amide bonds. The van der Waals surface area contributed by atoms with Crippen molar-refractivity contribution in [1.29, 1.82) is 0 Å². The van der Waals surface area contributed by atoms with E-state index in [1.165, 1.54) is 0 Å². The van der Waals surface area contributed by atoms with Crippen LogP contribution in [0.5, 0.6) is 5.75 Å². The molecule has 0 N–H and O–H groups in total. The van der Waals surface area contributed by atoms with Crippen molar-refractivity contribution in [3.05, 3.63) is 29.8 Å². The largest absolute Gasteiger partial charge is 0.516 e. The van der Waals surface area contributed by atoms with Gasteiger partial charge in [-0.05, 0) is 0 Å². The van der Waals surface area contributed by atoms with E-state index < -0.39 is 0 Å². The Balaban J connectivity index is 0.000001000. The Morgan fingerprint density at radius 2 is 2.36 bits per heavy atom. The minimum atomic E-state index is 0. The molecule has 0 unspecified atom stereocenters. The fourth-order valence-corrected chi connectivity index (χ4v) is 0.658. The van der Waals surface area contributed by atoms with Crippen molar-refractivity contribution in [2.75, 3.05) is 7.11 Å². The molecule has 0 spiro atoms. The second-order valence-corrected chi connectivity index (χ2v) is 1.80. The molecule has 0 fully saturated rings. The molecular formula is C8H7CoO2-. The Labute approximate surface area is 75.8 Å². The maximum Gasteiger partial charge on any atom is 0.0751 e. The zero-order valence-corrected chi connectivity index (χ0v) is 7.00. The molecule has 11 heavy (non-hydrogen) atoms. The maximum atomic E-state index is 10.2. The van der Waals surface area contributed by atoms with Gasteiger partial charge in [0.25, 0.3) is 0 Å². The van der Waals surface area contributed by atoms with Gasteiger partial charge in [-0.2, -0.15) is 0 Å². The van der Waals surface area contributed by atoms with Gasteiger partial charge in [0.1, 0.15) is 0 Å². The number of carbonyl (C=O) groups excluding carboxylic acids is 1. The van der Waals surface area contributed by atoms with Crippen molar-refractivity contribution < 1.29 is 26.3 Å². The standard InChI is InChI=1S/C8H7O2.Co/c1-10-8-4-2-3-7(5-8)6-9;/h2,4-6H,1H3;/q-1;. The van der Waals surface area contributed by atoms with E-state index in [4.69, 9.17) is 4.74 Å². The van der Waals surface area contributed by atoms with Gasteiger partial charge in [0.15, 0.2) is 0 Å². The summed E-state index contributed by atoms with van der Waals surface area (Å²) in [5, 5.41) is 0. The zero-order valence-electron chi connectivity index (χ0n) is 5.96. The molecule has 0 aliphatic rings. The first-order valence-corrected chi connectivity index (χ1v) is 2.87. The third kappa shape index (κ3) is 2.73. The maximum absolute atomic E-state index is 10.2. The molecule has 1 radical (unpaired) electrons. The van der Waals surface area contributed by atoms with Crippen LogP contribution in [0.3, 0.4) is 0 Å². The predicted octanol–water partition coefficient (Wildman–Crippen LogP) is 1.31. The number of hydrogen-bond donors (Lipinski definition) is 0. The van der Waals surface area contributed by atoms with E-state index in [9.17, 15) is 4.79 Å². The summed E-state index contributed by atoms with van der Waals surface area (Å²) in [5.41, 5.74) is 0.513. The van der Waals surface area contributed by atoms with Crippen LogP contribution in [0.2, 0.25) is 0 Å².